The van der Waals surface area contributed by atoms with Crippen LogP contribution in [0.4, 0.5) is 0 Å². The van der Waals surface area contributed by atoms with Crippen LogP contribution in [0.25, 0.3) is 0 Å². The van der Waals surface area contributed by atoms with E-state index in [0.717, 1.165) is 0 Å². The van der Waals surface area contributed by atoms with E-state index < -0.39 is 0 Å². The Bertz CT molecular complexity index is 171. The van der Waals surface area contributed by atoms with Crippen molar-refractivity contribution in [3.63, 3.8) is 0 Å². The standard InChI is InChI=1S/C6H4Cl2.CH3Br/c7-5-2-1-3-6(8)4-5;1-2/h1-4H;1H3. The lowest BCUT2D eigenvalue weighted by Gasteiger charge is -1.86. The zero-order chi connectivity index (χ0) is 7.98. The van der Waals surface area contributed by atoms with Crippen molar-refractivity contribution < 1.29 is 0 Å². The van der Waals surface area contributed by atoms with Crippen molar-refractivity contribution in [1.29, 1.82) is 0 Å². The molecule has 56 valence electrons. The molecule has 0 amide bonds. The second-order valence-corrected chi connectivity index (χ2v) is 2.31. The third-order valence-electron chi connectivity index (χ3n) is 0.787. The molecule has 10 heavy (non-hydrogen) atoms. The zero-order valence-electron chi connectivity index (χ0n) is 5.44. The van der Waals surface area contributed by atoms with E-state index in [9.17, 15) is 0 Å². The summed E-state index contributed by atoms with van der Waals surface area (Å²) in [5.41, 5.74) is 0. The van der Waals surface area contributed by atoms with E-state index in [1.165, 1.54) is 0 Å². The zero-order valence-corrected chi connectivity index (χ0v) is 8.54. The molecule has 0 saturated carbocycles. The Balaban J connectivity index is 0.000000371. The number of rotatable bonds is 0. The van der Waals surface area contributed by atoms with Crippen LogP contribution < -0.4 is 0 Å². The van der Waals surface area contributed by atoms with Crippen LogP contribution in [0.15, 0.2) is 24.3 Å². The normalized spacial score (nSPS) is 8.00. The van der Waals surface area contributed by atoms with Gasteiger partial charge in [0.25, 0.3) is 0 Å². The topological polar surface area (TPSA) is 0 Å². The minimum Gasteiger partial charge on any atom is -0.0966 e. The summed E-state index contributed by atoms with van der Waals surface area (Å²) in [6, 6.07) is 7.08. The highest BCUT2D eigenvalue weighted by atomic mass is 79.9. The Kier molecular flexibility index (Phi) is 6.19. The molecule has 0 bridgehead atoms. The van der Waals surface area contributed by atoms with Gasteiger partial charge in [0.05, 0.1) is 0 Å². The summed E-state index contributed by atoms with van der Waals surface area (Å²) in [5.74, 6) is 1.81. The van der Waals surface area contributed by atoms with Crippen LogP contribution >= 0.6 is 39.1 Å². The van der Waals surface area contributed by atoms with Crippen LogP contribution in [0.3, 0.4) is 0 Å². The van der Waals surface area contributed by atoms with Crippen molar-refractivity contribution in [3.8, 4) is 0 Å². The average Bonchev–Trinajstić information content (AvgIpc) is 1.91. The Labute approximate surface area is 79.3 Å². The minimum atomic E-state index is 0.678. The summed E-state index contributed by atoms with van der Waals surface area (Å²) in [7, 11) is 0. The molecule has 0 atom stereocenters. The van der Waals surface area contributed by atoms with Gasteiger partial charge in [-0.1, -0.05) is 45.2 Å². The van der Waals surface area contributed by atoms with Crippen LogP contribution in [0.5, 0.6) is 0 Å². The van der Waals surface area contributed by atoms with Crippen LogP contribution in [0.1, 0.15) is 0 Å². The summed E-state index contributed by atoms with van der Waals surface area (Å²) in [4.78, 5) is 0. The number of benzene rings is 1. The van der Waals surface area contributed by atoms with Crippen LogP contribution in [-0.4, -0.2) is 5.83 Å². The second kappa shape index (κ2) is 6.02. The van der Waals surface area contributed by atoms with Crippen LogP contribution in [-0.2, 0) is 0 Å². The summed E-state index contributed by atoms with van der Waals surface area (Å²) in [6.45, 7) is 0. The lowest BCUT2D eigenvalue weighted by molar-refractivity contribution is 1.71. The second-order valence-electron chi connectivity index (χ2n) is 1.44. The van der Waals surface area contributed by atoms with Gasteiger partial charge in [0.1, 0.15) is 0 Å². The SMILES string of the molecule is CBr.Clc1cccc(Cl)c1. The molecule has 0 saturated heterocycles. The van der Waals surface area contributed by atoms with E-state index in [1.807, 2.05) is 11.9 Å². The van der Waals surface area contributed by atoms with E-state index in [0.29, 0.717) is 10.0 Å². The molecule has 0 spiro atoms. The fourth-order valence-electron chi connectivity index (χ4n) is 0.460. The first-order valence-corrected chi connectivity index (χ1v) is 4.92. The molecular weight excluding hydrogens is 235 g/mol. The van der Waals surface area contributed by atoms with Gasteiger partial charge in [-0.05, 0) is 24.0 Å². The first-order valence-electron chi connectivity index (χ1n) is 2.58. The maximum atomic E-state index is 5.56. The summed E-state index contributed by atoms with van der Waals surface area (Å²) in [6.07, 6.45) is 0. The maximum Gasteiger partial charge on any atom is 0.0420 e. The number of alkyl halides is 1. The molecule has 0 aliphatic heterocycles. The lowest BCUT2D eigenvalue weighted by Crippen LogP contribution is -1.61. The highest BCUT2D eigenvalue weighted by Crippen LogP contribution is 2.13. The molecule has 0 aromatic heterocycles. The average molecular weight is 242 g/mol. The van der Waals surface area contributed by atoms with E-state index in [2.05, 4.69) is 15.9 Å². The van der Waals surface area contributed by atoms with E-state index in [4.69, 9.17) is 23.2 Å². The van der Waals surface area contributed by atoms with E-state index in [-0.39, 0.29) is 0 Å². The highest BCUT2D eigenvalue weighted by Gasteiger charge is 1.84. The molecule has 0 unspecified atom stereocenters. The number of hydrogen-bond donors (Lipinski definition) is 0. The smallest absolute Gasteiger partial charge is 0.0420 e. The predicted molar refractivity (Wildman–Crippen MR) is 51.3 cm³/mol. The van der Waals surface area contributed by atoms with Gasteiger partial charge in [-0.15, -0.1) is 0 Å². The third kappa shape index (κ3) is 4.15. The van der Waals surface area contributed by atoms with Gasteiger partial charge < -0.3 is 0 Å². The molecule has 1 aromatic carbocycles. The lowest BCUT2D eigenvalue weighted by atomic mass is 10.4. The molecule has 0 aliphatic rings. The molecular formula is C7H7BrCl2. The molecule has 3 heteroatoms. The monoisotopic (exact) mass is 240 g/mol. The highest BCUT2D eigenvalue weighted by molar-refractivity contribution is 9.08. The fourth-order valence-corrected chi connectivity index (χ4v) is 0.896. The molecule has 0 aliphatic carbocycles. The summed E-state index contributed by atoms with van der Waals surface area (Å²) < 4.78 is 0. The van der Waals surface area contributed by atoms with Crippen molar-refractivity contribution in [2.45, 2.75) is 0 Å². The van der Waals surface area contributed by atoms with Crippen molar-refractivity contribution >= 4 is 39.1 Å². The molecule has 0 heterocycles. The Hall–Kier alpha value is 0.280. The molecule has 0 fully saturated rings. The van der Waals surface area contributed by atoms with Gasteiger partial charge in [-0.3, -0.25) is 0 Å². The summed E-state index contributed by atoms with van der Waals surface area (Å²) >= 11 is 14.1. The predicted octanol–water partition coefficient (Wildman–Crippen LogP) is 4.00. The summed E-state index contributed by atoms with van der Waals surface area (Å²) in [5, 5.41) is 1.36. The fraction of sp³-hybridized carbons (Fsp3) is 0.143. The minimum absolute atomic E-state index is 0.678. The van der Waals surface area contributed by atoms with Gasteiger partial charge >= 0.3 is 0 Å². The van der Waals surface area contributed by atoms with Gasteiger partial charge in [-0.25, -0.2) is 0 Å². The molecule has 0 nitrogen and oxygen atoms in total. The van der Waals surface area contributed by atoms with Crippen LogP contribution in [0.2, 0.25) is 10.0 Å². The van der Waals surface area contributed by atoms with E-state index in [1.54, 1.807) is 18.2 Å². The number of halogens is 3. The Morgan fingerprint density at radius 2 is 1.50 bits per heavy atom. The van der Waals surface area contributed by atoms with Gasteiger partial charge in [0.2, 0.25) is 0 Å². The van der Waals surface area contributed by atoms with Gasteiger partial charge in [-0.2, -0.15) is 0 Å². The van der Waals surface area contributed by atoms with Crippen molar-refractivity contribution in [3.05, 3.63) is 34.3 Å². The van der Waals surface area contributed by atoms with Crippen molar-refractivity contribution in [2.75, 3.05) is 5.83 Å². The van der Waals surface area contributed by atoms with Gasteiger partial charge in [0, 0.05) is 10.0 Å². The van der Waals surface area contributed by atoms with Crippen molar-refractivity contribution in [2.24, 2.45) is 0 Å². The number of hydrogen-bond acceptors (Lipinski definition) is 0. The Morgan fingerprint density at radius 1 is 1.10 bits per heavy atom. The first kappa shape index (κ1) is 10.3. The first-order chi connectivity index (χ1) is 4.79. The van der Waals surface area contributed by atoms with Crippen molar-refractivity contribution in [1.82, 2.24) is 0 Å². The molecule has 1 aromatic rings. The van der Waals surface area contributed by atoms with E-state index >= 15 is 0 Å². The maximum absolute atomic E-state index is 5.56. The van der Waals surface area contributed by atoms with Crippen LogP contribution in [0, 0.1) is 0 Å². The quantitative estimate of drug-likeness (QED) is 0.603. The Morgan fingerprint density at radius 3 is 1.70 bits per heavy atom. The largest absolute Gasteiger partial charge is 0.0966 e. The third-order valence-corrected chi connectivity index (χ3v) is 1.26. The van der Waals surface area contributed by atoms with Gasteiger partial charge in [0.15, 0.2) is 0 Å². The molecule has 0 N–H and O–H groups in total. The molecule has 0 radical (unpaired) electrons. The molecule has 1 rings (SSSR count).